The molecule has 0 saturated carbocycles. The second-order valence-electron chi connectivity index (χ2n) is 5.93. The van der Waals surface area contributed by atoms with Gasteiger partial charge in [0.15, 0.2) is 10.8 Å². The van der Waals surface area contributed by atoms with Gasteiger partial charge in [0.2, 0.25) is 5.95 Å². The van der Waals surface area contributed by atoms with Crippen LogP contribution in [0.3, 0.4) is 0 Å². The van der Waals surface area contributed by atoms with Crippen LogP contribution in [0, 0.1) is 0 Å². The molecule has 2 heterocycles. The maximum atomic E-state index is 11.8. The highest BCUT2D eigenvalue weighted by Crippen LogP contribution is 2.21. The number of anilines is 1. The monoisotopic (exact) mass is 325 g/mol. The zero-order valence-electron chi connectivity index (χ0n) is 13.2. The van der Waals surface area contributed by atoms with Crippen molar-refractivity contribution in [3.8, 4) is 0 Å². The number of nitrogens with zero attached hydrogens (tertiary/aromatic N) is 4. The van der Waals surface area contributed by atoms with Crippen molar-refractivity contribution in [2.45, 2.75) is 52.7 Å². The van der Waals surface area contributed by atoms with Gasteiger partial charge in [0.25, 0.3) is 0 Å². The minimum atomic E-state index is -0.623. The number of carbonyl (C=O) groups excluding carboxylic acids is 1. The normalized spacial score (nSPS) is 11.7. The lowest BCUT2D eigenvalue weighted by Crippen LogP contribution is -2.27. The summed E-state index contributed by atoms with van der Waals surface area (Å²) >= 11 is 6.11. The Morgan fingerprint density at radius 1 is 1.41 bits per heavy atom. The number of halogens is 1. The summed E-state index contributed by atoms with van der Waals surface area (Å²) in [5.41, 5.74) is 0.521. The summed E-state index contributed by atoms with van der Waals surface area (Å²) in [5, 5.41) is 2.70. The molecule has 22 heavy (non-hydrogen) atoms. The first-order chi connectivity index (χ1) is 10.3. The van der Waals surface area contributed by atoms with Crippen LogP contribution < -0.4 is 5.32 Å². The SMILES string of the molecule is CCCCn1cnc2c(Cl)nc(NC(=O)OC(C)(C)C)nc21. The number of amides is 1. The van der Waals surface area contributed by atoms with Crippen LogP contribution in [0.15, 0.2) is 6.33 Å². The predicted molar refractivity (Wildman–Crippen MR) is 85.1 cm³/mol. The fourth-order valence-electron chi connectivity index (χ4n) is 1.85. The highest BCUT2D eigenvalue weighted by Gasteiger charge is 2.18. The zero-order valence-corrected chi connectivity index (χ0v) is 13.9. The van der Waals surface area contributed by atoms with Gasteiger partial charge in [-0.25, -0.2) is 9.78 Å². The van der Waals surface area contributed by atoms with E-state index in [1.54, 1.807) is 27.1 Å². The number of fused-ring (bicyclic) bond motifs is 1. The molecule has 0 aromatic carbocycles. The van der Waals surface area contributed by atoms with E-state index in [4.69, 9.17) is 16.3 Å². The van der Waals surface area contributed by atoms with Gasteiger partial charge < -0.3 is 9.30 Å². The van der Waals surface area contributed by atoms with E-state index in [2.05, 4.69) is 27.2 Å². The summed E-state index contributed by atoms with van der Waals surface area (Å²) < 4.78 is 7.07. The lowest BCUT2D eigenvalue weighted by atomic mass is 10.2. The van der Waals surface area contributed by atoms with E-state index >= 15 is 0 Å². The van der Waals surface area contributed by atoms with Crippen molar-refractivity contribution in [2.75, 3.05) is 5.32 Å². The van der Waals surface area contributed by atoms with Gasteiger partial charge in [-0.3, -0.25) is 5.32 Å². The number of aromatic nitrogens is 4. The Hall–Kier alpha value is -1.89. The van der Waals surface area contributed by atoms with Crippen molar-refractivity contribution in [1.82, 2.24) is 19.5 Å². The van der Waals surface area contributed by atoms with Crippen LogP contribution in [0.25, 0.3) is 11.2 Å². The average Bonchev–Trinajstić information content (AvgIpc) is 2.77. The second kappa shape index (κ2) is 6.48. The van der Waals surface area contributed by atoms with E-state index in [9.17, 15) is 4.79 Å². The summed E-state index contributed by atoms with van der Waals surface area (Å²) in [5.74, 6) is 0.102. The molecule has 0 atom stereocenters. The molecule has 0 aliphatic carbocycles. The molecule has 0 unspecified atom stereocenters. The maximum absolute atomic E-state index is 11.8. The largest absolute Gasteiger partial charge is 0.444 e. The van der Waals surface area contributed by atoms with Gasteiger partial charge in [-0.05, 0) is 27.2 Å². The Bertz CT molecular complexity index is 678. The van der Waals surface area contributed by atoms with Crippen LogP contribution in [0.5, 0.6) is 0 Å². The lowest BCUT2D eigenvalue weighted by molar-refractivity contribution is 0.0634. The van der Waals surface area contributed by atoms with Crippen LogP contribution in [0.1, 0.15) is 40.5 Å². The number of carbonyl (C=O) groups is 1. The predicted octanol–water partition coefficient (Wildman–Crippen LogP) is 3.63. The minimum absolute atomic E-state index is 0.102. The van der Waals surface area contributed by atoms with Crippen molar-refractivity contribution < 1.29 is 9.53 Å². The fourth-order valence-corrected chi connectivity index (χ4v) is 2.07. The van der Waals surface area contributed by atoms with E-state index in [-0.39, 0.29) is 11.1 Å². The minimum Gasteiger partial charge on any atom is -0.444 e. The highest BCUT2D eigenvalue weighted by molar-refractivity contribution is 6.33. The Labute approximate surface area is 134 Å². The van der Waals surface area contributed by atoms with Gasteiger partial charge in [-0.1, -0.05) is 24.9 Å². The van der Waals surface area contributed by atoms with E-state index < -0.39 is 11.7 Å². The molecule has 0 saturated heterocycles. The van der Waals surface area contributed by atoms with Crippen LogP contribution in [0.2, 0.25) is 5.15 Å². The molecule has 1 amide bonds. The number of hydrogen-bond acceptors (Lipinski definition) is 5. The number of rotatable bonds is 4. The third-order valence-corrected chi connectivity index (χ3v) is 3.05. The Morgan fingerprint density at radius 2 is 2.14 bits per heavy atom. The number of aryl methyl sites for hydroxylation is 1. The molecule has 8 heteroatoms. The third-order valence-electron chi connectivity index (χ3n) is 2.79. The molecule has 0 aliphatic rings. The van der Waals surface area contributed by atoms with E-state index in [1.807, 2.05) is 4.57 Å². The first-order valence-corrected chi connectivity index (χ1v) is 7.56. The molecular formula is C14H20ClN5O2. The molecule has 0 fully saturated rings. The van der Waals surface area contributed by atoms with Gasteiger partial charge in [0.05, 0.1) is 6.33 Å². The molecule has 0 radical (unpaired) electrons. The molecule has 2 rings (SSSR count). The summed E-state index contributed by atoms with van der Waals surface area (Å²) in [7, 11) is 0. The standard InChI is InChI=1S/C14H20ClN5O2/c1-5-6-7-20-8-16-9-10(15)17-12(18-11(9)20)19-13(21)22-14(2,3)4/h8H,5-7H2,1-4H3,(H,17,18,19,21). The molecule has 120 valence electrons. The number of nitrogens with one attached hydrogen (secondary N) is 1. The molecule has 0 spiro atoms. The highest BCUT2D eigenvalue weighted by atomic mass is 35.5. The number of imidazole rings is 1. The smallest absolute Gasteiger partial charge is 0.414 e. The maximum Gasteiger partial charge on any atom is 0.414 e. The molecule has 7 nitrogen and oxygen atoms in total. The van der Waals surface area contributed by atoms with Gasteiger partial charge in [0, 0.05) is 6.54 Å². The summed E-state index contributed by atoms with van der Waals surface area (Å²) in [4.78, 5) is 24.3. The molecule has 2 aromatic rings. The molecule has 0 aliphatic heterocycles. The third kappa shape index (κ3) is 4.07. The van der Waals surface area contributed by atoms with Crippen LogP contribution in [0.4, 0.5) is 10.7 Å². The van der Waals surface area contributed by atoms with Crippen LogP contribution in [-0.4, -0.2) is 31.2 Å². The molecule has 0 bridgehead atoms. The molecule has 2 aromatic heterocycles. The van der Waals surface area contributed by atoms with E-state index in [0.717, 1.165) is 19.4 Å². The Kier molecular flexibility index (Phi) is 4.85. The fraction of sp³-hybridized carbons (Fsp3) is 0.571. The van der Waals surface area contributed by atoms with Gasteiger partial charge in [-0.15, -0.1) is 0 Å². The average molecular weight is 326 g/mol. The molecular weight excluding hydrogens is 306 g/mol. The van der Waals surface area contributed by atoms with Crippen molar-refractivity contribution >= 4 is 34.8 Å². The first kappa shape index (κ1) is 16.5. The summed E-state index contributed by atoms with van der Waals surface area (Å²) in [6.45, 7) is 8.24. The van der Waals surface area contributed by atoms with E-state index in [1.165, 1.54) is 0 Å². The topological polar surface area (TPSA) is 81.9 Å². The summed E-state index contributed by atoms with van der Waals surface area (Å²) in [6.07, 6.45) is 3.12. The zero-order chi connectivity index (χ0) is 16.3. The van der Waals surface area contributed by atoms with Gasteiger partial charge >= 0.3 is 6.09 Å². The van der Waals surface area contributed by atoms with Crippen LogP contribution >= 0.6 is 11.6 Å². The number of unbranched alkanes of at least 4 members (excludes halogenated alkanes) is 1. The van der Waals surface area contributed by atoms with Crippen molar-refractivity contribution in [1.29, 1.82) is 0 Å². The first-order valence-electron chi connectivity index (χ1n) is 7.18. The number of ether oxygens (including phenoxy) is 1. The van der Waals surface area contributed by atoms with E-state index in [0.29, 0.717) is 11.2 Å². The molecule has 1 N–H and O–H groups in total. The van der Waals surface area contributed by atoms with Crippen LogP contribution in [-0.2, 0) is 11.3 Å². The Balaban J connectivity index is 2.25. The quantitative estimate of drug-likeness (QED) is 0.868. The van der Waals surface area contributed by atoms with Crippen molar-refractivity contribution in [2.24, 2.45) is 0 Å². The van der Waals surface area contributed by atoms with Gasteiger partial charge in [-0.2, -0.15) is 9.97 Å². The second-order valence-corrected chi connectivity index (χ2v) is 6.29. The lowest BCUT2D eigenvalue weighted by Gasteiger charge is -2.19. The Morgan fingerprint density at radius 3 is 2.77 bits per heavy atom. The number of hydrogen-bond donors (Lipinski definition) is 1. The van der Waals surface area contributed by atoms with Crippen molar-refractivity contribution in [3.63, 3.8) is 0 Å². The summed E-state index contributed by atoms with van der Waals surface area (Å²) in [6, 6.07) is 0. The van der Waals surface area contributed by atoms with Gasteiger partial charge in [0.1, 0.15) is 11.1 Å². The van der Waals surface area contributed by atoms with Crippen molar-refractivity contribution in [3.05, 3.63) is 11.5 Å².